The standard InChI is InChI=1S/C7H12O2S2/c1-3-9-6(8)5-7(10)11-4-2/h3-5H2,1-2H3. The number of ether oxygens (including phenoxy) is 1. The van der Waals surface area contributed by atoms with Crippen molar-refractivity contribution in [3.8, 4) is 0 Å². The van der Waals surface area contributed by atoms with E-state index in [-0.39, 0.29) is 12.4 Å². The predicted octanol–water partition coefficient (Wildman–Crippen LogP) is 2.02. The Hall–Kier alpha value is -0.0900. The van der Waals surface area contributed by atoms with Gasteiger partial charge in [-0.05, 0) is 12.7 Å². The van der Waals surface area contributed by atoms with Crippen molar-refractivity contribution < 1.29 is 9.53 Å². The quantitative estimate of drug-likeness (QED) is 0.503. The lowest BCUT2D eigenvalue weighted by atomic mass is 10.5. The minimum atomic E-state index is -0.224. The van der Waals surface area contributed by atoms with Crippen molar-refractivity contribution in [3.63, 3.8) is 0 Å². The highest BCUT2D eigenvalue weighted by molar-refractivity contribution is 8.23. The molecule has 0 fully saturated rings. The van der Waals surface area contributed by atoms with E-state index in [1.807, 2.05) is 6.92 Å². The van der Waals surface area contributed by atoms with E-state index in [4.69, 9.17) is 17.0 Å². The molecular formula is C7H12O2S2. The molecular weight excluding hydrogens is 180 g/mol. The van der Waals surface area contributed by atoms with Crippen LogP contribution in [-0.2, 0) is 9.53 Å². The van der Waals surface area contributed by atoms with Gasteiger partial charge in [0, 0.05) is 0 Å². The minimum absolute atomic E-state index is 0.224. The summed E-state index contributed by atoms with van der Waals surface area (Å²) in [5.41, 5.74) is 0. The van der Waals surface area contributed by atoms with Crippen molar-refractivity contribution in [3.05, 3.63) is 0 Å². The second-order valence-corrected chi connectivity index (χ2v) is 3.90. The Labute approximate surface area is 76.7 Å². The van der Waals surface area contributed by atoms with Gasteiger partial charge < -0.3 is 4.74 Å². The SMILES string of the molecule is CCOC(=O)CC(=S)SCC. The van der Waals surface area contributed by atoms with Crippen LogP contribution in [0, 0.1) is 0 Å². The van der Waals surface area contributed by atoms with Crippen LogP contribution in [0.15, 0.2) is 0 Å². The van der Waals surface area contributed by atoms with E-state index >= 15 is 0 Å². The van der Waals surface area contributed by atoms with Crippen LogP contribution in [-0.4, -0.2) is 22.5 Å². The highest BCUT2D eigenvalue weighted by atomic mass is 32.2. The van der Waals surface area contributed by atoms with Crippen molar-refractivity contribution >= 4 is 34.1 Å². The molecule has 11 heavy (non-hydrogen) atoms. The zero-order valence-corrected chi connectivity index (χ0v) is 8.39. The van der Waals surface area contributed by atoms with E-state index in [1.54, 1.807) is 6.92 Å². The summed E-state index contributed by atoms with van der Waals surface area (Å²) in [4.78, 5) is 10.8. The highest BCUT2D eigenvalue weighted by Gasteiger charge is 2.05. The maximum Gasteiger partial charge on any atom is 0.311 e. The van der Waals surface area contributed by atoms with E-state index in [9.17, 15) is 4.79 Å². The summed E-state index contributed by atoms with van der Waals surface area (Å²) >= 11 is 6.42. The Kier molecular flexibility index (Phi) is 6.56. The highest BCUT2D eigenvalue weighted by Crippen LogP contribution is 2.07. The van der Waals surface area contributed by atoms with Crippen molar-refractivity contribution in [1.29, 1.82) is 0 Å². The second-order valence-electron chi connectivity index (χ2n) is 1.79. The monoisotopic (exact) mass is 192 g/mol. The molecule has 0 spiro atoms. The minimum Gasteiger partial charge on any atom is -0.466 e. The molecule has 0 saturated heterocycles. The first-order valence-corrected chi connectivity index (χ1v) is 4.91. The van der Waals surface area contributed by atoms with Gasteiger partial charge in [0.25, 0.3) is 0 Å². The van der Waals surface area contributed by atoms with Crippen LogP contribution in [0.4, 0.5) is 0 Å². The van der Waals surface area contributed by atoms with Crippen LogP contribution in [0.1, 0.15) is 20.3 Å². The average Bonchev–Trinajstić information content (AvgIpc) is 1.87. The average molecular weight is 192 g/mol. The Morgan fingerprint density at radius 2 is 2.18 bits per heavy atom. The molecule has 0 aromatic heterocycles. The van der Waals surface area contributed by atoms with Crippen LogP contribution in [0.2, 0.25) is 0 Å². The summed E-state index contributed by atoms with van der Waals surface area (Å²) in [6.07, 6.45) is 0.266. The van der Waals surface area contributed by atoms with Gasteiger partial charge in [0.15, 0.2) is 0 Å². The summed E-state index contributed by atoms with van der Waals surface area (Å²) in [5.74, 6) is 0.691. The maximum absolute atomic E-state index is 10.8. The molecule has 0 aromatic rings. The summed E-state index contributed by atoms with van der Waals surface area (Å²) < 4.78 is 5.43. The molecule has 0 rings (SSSR count). The number of esters is 1. The molecule has 0 radical (unpaired) electrons. The van der Waals surface area contributed by atoms with Gasteiger partial charge >= 0.3 is 5.97 Å². The number of carbonyl (C=O) groups is 1. The molecule has 0 heterocycles. The molecule has 4 heteroatoms. The molecule has 0 aliphatic heterocycles. The first kappa shape index (κ1) is 10.9. The Morgan fingerprint density at radius 3 is 2.64 bits per heavy atom. The van der Waals surface area contributed by atoms with Gasteiger partial charge in [0.1, 0.15) is 0 Å². The molecule has 0 aliphatic rings. The van der Waals surface area contributed by atoms with Gasteiger partial charge in [0.2, 0.25) is 0 Å². The van der Waals surface area contributed by atoms with Crippen LogP contribution in [0.3, 0.4) is 0 Å². The normalized spacial score (nSPS) is 9.27. The second kappa shape index (κ2) is 6.61. The van der Waals surface area contributed by atoms with Crippen molar-refractivity contribution in [2.75, 3.05) is 12.4 Å². The largest absolute Gasteiger partial charge is 0.466 e. The van der Waals surface area contributed by atoms with E-state index < -0.39 is 0 Å². The van der Waals surface area contributed by atoms with Gasteiger partial charge in [-0.25, -0.2) is 0 Å². The number of thioether (sulfide) groups is 1. The van der Waals surface area contributed by atoms with Crippen molar-refractivity contribution in [2.24, 2.45) is 0 Å². The molecule has 0 unspecified atom stereocenters. The smallest absolute Gasteiger partial charge is 0.311 e. The number of hydrogen-bond donors (Lipinski definition) is 0. The zero-order chi connectivity index (χ0) is 8.69. The van der Waals surface area contributed by atoms with Gasteiger partial charge in [-0.3, -0.25) is 4.79 Å². The Bertz CT molecular complexity index is 129. The summed E-state index contributed by atoms with van der Waals surface area (Å²) in [7, 11) is 0. The zero-order valence-electron chi connectivity index (χ0n) is 6.75. The number of hydrogen-bond acceptors (Lipinski definition) is 4. The van der Waals surface area contributed by atoms with Crippen LogP contribution in [0.25, 0.3) is 0 Å². The summed E-state index contributed by atoms with van der Waals surface area (Å²) in [5, 5.41) is 0. The molecule has 0 aromatic carbocycles. The van der Waals surface area contributed by atoms with Crippen LogP contribution in [0.5, 0.6) is 0 Å². The van der Waals surface area contributed by atoms with E-state index in [0.29, 0.717) is 10.8 Å². The van der Waals surface area contributed by atoms with Gasteiger partial charge in [-0.2, -0.15) is 0 Å². The first-order valence-electron chi connectivity index (χ1n) is 3.52. The first-order chi connectivity index (χ1) is 5.20. The van der Waals surface area contributed by atoms with Crippen molar-refractivity contribution in [1.82, 2.24) is 0 Å². The fourth-order valence-corrected chi connectivity index (χ4v) is 1.56. The molecule has 0 aliphatic carbocycles. The lowest BCUT2D eigenvalue weighted by Gasteiger charge is -2.00. The van der Waals surface area contributed by atoms with Gasteiger partial charge in [0.05, 0.1) is 17.2 Å². The third-order valence-electron chi connectivity index (χ3n) is 0.899. The fraction of sp³-hybridized carbons (Fsp3) is 0.714. The number of thiocarbonyl (C=S) groups is 1. The molecule has 0 atom stereocenters. The van der Waals surface area contributed by atoms with E-state index in [2.05, 4.69) is 0 Å². The summed E-state index contributed by atoms with van der Waals surface area (Å²) in [6.45, 7) is 4.22. The molecule has 2 nitrogen and oxygen atoms in total. The van der Waals surface area contributed by atoms with E-state index in [0.717, 1.165) is 5.75 Å². The van der Waals surface area contributed by atoms with E-state index in [1.165, 1.54) is 11.8 Å². The van der Waals surface area contributed by atoms with Crippen LogP contribution < -0.4 is 0 Å². The van der Waals surface area contributed by atoms with Crippen molar-refractivity contribution in [2.45, 2.75) is 20.3 Å². The molecule has 0 saturated carbocycles. The van der Waals surface area contributed by atoms with Gasteiger partial charge in [-0.1, -0.05) is 19.1 Å². The number of rotatable bonds is 4. The predicted molar refractivity (Wildman–Crippen MR) is 52.0 cm³/mol. The Balaban J connectivity index is 3.49. The summed E-state index contributed by atoms with van der Waals surface area (Å²) in [6, 6.07) is 0. The third kappa shape index (κ3) is 6.31. The molecule has 0 amide bonds. The Morgan fingerprint density at radius 1 is 1.55 bits per heavy atom. The lowest BCUT2D eigenvalue weighted by Crippen LogP contribution is -2.07. The molecule has 0 N–H and O–H groups in total. The fourth-order valence-electron chi connectivity index (χ4n) is 0.542. The molecule has 0 bridgehead atoms. The topological polar surface area (TPSA) is 26.3 Å². The third-order valence-corrected chi connectivity index (χ3v) is 2.15. The lowest BCUT2D eigenvalue weighted by molar-refractivity contribution is -0.141. The van der Waals surface area contributed by atoms with Gasteiger partial charge in [-0.15, -0.1) is 11.8 Å². The van der Waals surface area contributed by atoms with Crippen LogP contribution >= 0.6 is 24.0 Å². The molecule has 64 valence electrons. The number of carbonyl (C=O) groups excluding carboxylic acids is 1. The maximum atomic E-state index is 10.8.